The molecule has 0 saturated carbocycles. The van der Waals surface area contributed by atoms with E-state index in [4.69, 9.17) is 0 Å². The summed E-state index contributed by atoms with van der Waals surface area (Å²) in [6.07, 6.45) is 7.99. The molecule has 1 nitrogen and oxygen atoms in total. The van der Waals surface area contributed by atoms with Crippen molar-refractivity contribution in [3.63, 3.8) is 0 Å². The zero-order chi connectivity index (χ0) is 12.3. The molecule has 1 heteroatoms. The van der Waals surface area contributed by atoms with E-state index in [-0.39, 0.29) is 11.2 Å². The molecule has 2 unspecified atom stereocenters. The molecular weight excluding hydrogens is 196 g/mol. The quantitative estimate of drug-likeness (QED) is 0.516. The highest BCUT2D eigenvalue weighted by atomic mass is 16.1. The van der Waals surface area contributed by atoms with E-state index in [1.165, 1.54) is 5.57 Å². The largest absolute Gasteiger partial charge is 0.295 e. The van der Waals surface area contributed by atoms with Gasteiger partial charge in [0.2, 0.25) is 0 Å². The molecule has 0 amide bonds. The first kappa shape index (κ1) is 13.2. The van der Waals surface area contributed by atoms with Gasteiger partial charge in [0, 0.05) is 6.42 Å². The van der Waals surface area contributed by atoms with E-state index < -0.39 is 0 Å². The third-order valence-corrected chi connectivity index (χ3v) is 4.10. The van der Waals surface area contributed by atoms with E-state index in [9.17, 15) is 4.79 Å². The van der Waals surface area contributed by atoms with E-state index in [2.05, 4.69) is 39.8 Å². The third kappa shape index (κ3) is 2.63. The maximum absolute atomic E-state index is 11.4. The summed E-state index contributed by atoms with van der Waals surface area (Å²) >= 11 is 0. The Morgan fingerprint density at radius 1 is 1.56 bits per heavy atom. The topological polar surface area (TPSA) is 17.1 Å². The Bertz CT molecular complexity index is 320. The van der Waals surface area contributed by atoms with Crippen molar-refractivity contribution in [1.29, 1.82) is 0 Å². The molecule has 1 aliphatic carbocycles. The predicted octanol–water partition coefficient (Wildman–Crippen LogP) is 4.15. The van der Waals surface area contributed by atoms with Crippen LogP contribution in [-0.2, 0) is 4.79 Å². The maximum atomic E-state index is 11.4. The fourth-order valence-corrected chi connectivity index (χ4v) is 2.51. The van der Waals surface area contributed by atoms with Crippen LogP contribution in [0, 0.1) is 17.3 Å². The number of rotatable bonds is 3. The van der Waals surface area contributed by atoms with Crippen molar-refractivity contribution in [2.75, 3.05) is 0 Å². The van der Waals surface area contributed by atoms with Crippen LogP contribution in [0.2, 0.25) is 0 Å². The Kier molecular flexibility index (Phi) is 4.12. The second kappa shape index (κ2) is 4.99. The van der Waals surface area contributed by atoms with Crippen molar-refractivity contribution < 1.29 is 4.79 Å². The number of ketones is 1. The van der Waals surface area contributed by atoms with Gasteiger partial charge in [-0.15, -0.1) is 0 Å². The summed E-state index contributed by atoms with van der Waals surface area (Å²) in [5, 5.41) is 0. The normalized spacial score (nSPS) is 29.2. The van der Waals surface area contributed by atoms with E-state index in [1.54, 1.807) is 6.08 Å². The smallest absolute Gasteiger partial charge is 0.155 e. The summed E-state index contributed by atoms with van der Waals surface area (Å²) in [6.45, 7) is 10.9. The monoisotopic (exact) mass is 220 g/mol. The highest BCUT2D eigenvalue weighted by Gasteiger charge is 2.35. The van der Waals surface area contributed by atoms with E-state index in [0.717, 1.165) is 6.42 Å². The minimum atomic E-state index is 0.183. The van der Waals surface area contributed by atoms with Crippen molar-refractivity contribution in [2.24, 2.45) is 17.3 Å². The van der Waals surface area contributed by atoms with E-state index >= 15 is 0 Å². The molecule has 16 heavy (non-hydrogen) atoms. The highest BCUT2D eigenvalue weighted by molar-refractivity contribution is 5.89. The molecule has 0 heterocycles. The lowest BCUT2D eigenvalue weighted by Gasteiger charge is -2.41. The van der Waals surface area contributed by atoms with Crippen molar-refractivity contribution in [2.45, 2.75) is 47.5 Å². The lowest BCUT2D eigenvalue weighted by Crippen LogP contribution is -2.32. The molecule has 0 radical (unpaired) electrons. The third-order valence-electron chi connectivity index (χ3n) is 4.10. The Balaban J connectivity index is 2.89. The number of allylic oxidation sites excluding steroid dienone is 4. The number of hydrogen-bond acceptors (Lipinski definition) is 1. The minimum Gasteiger partial charge on any atom is -0.295 e. The molecule has 0 aromatic carbocycles. The molecule has 0 aliphatic heterocycles. The van der Waals surface area contributed by atoms with Crippen LogP contribution in [0.5, 0.6) is 0 Å². The van der Waals surface area contributed by atoms with E-state index in [1.807, 2.05) is 6.92 Å². The van der Waals surface area contributed by atoms with Crippen LogP contribution in [0.4, 0.5) is 0 Å². The van der Waals surface area contributed by atoms with Crippen LogP contribution in [0.15, 0.2) is 23.8 Å². The maximum Gasteiger partial charge on any atom is 0.155 e. The number of hydrogen-bond donors (Lipinski definition) is 0. The first-order valence-corrected chi connectivity index (χ1v) is 6.27. The minimum absolute atomic E-state index is 0.183. The molecule has 0 fully saturated rings. The highest BCUT2D eigenvalue weighted by Crippen LogP contribution is 2.45. The Morgan fingerprint density at radius 2 is 2.19 bits per heavy atom. The summed E-state index contributed by atoms with van der Waals surface area (Å²) < 4.78 is 0. The molecular formula is C15H24O. The molecule has 1 rings (SSSR count). The molecule has 0 bridgehead atoms. The average Bonchev–Trinajstić information content (AvgIpc) is 2.23. The Hall–Kier alpha value is -0.850. The van der Waals surface area contributed by atoms with Gasteiger partial charge in [0.25, 0.3) is 0 Å². The first-order chi connectivity index (χ1) is 7.39. The Labute approximate surface area is 99.6 Å². The zero-order valence-corrected chi connectivity index (χ0v) is 11.2. The fourth-order valence-electron chi connectivity index (χ4n) is 2.51. The molecule has 0 aromatic heterocycles. The standard InChI is InChI=1S/C15H24O/c1-6-13(16)9-10-14-11(2)7-8-12(3)15(14,4)5/h8-11,14H,6-7H2,1-5H3. The van der Waals surface area contributed by atoms with Gasteiger partial charge in [-0.2, -0.15) is 0 Å². The summed E-state index contributed by atoms with van der Waals surface area (Å²) in [5.41, 5.74) is 1.63. The molecule has 90 valence electrons. The summed E-state index contributed by atoms with van der Waals surface area (Å²) in [7, 11) is 0. The van der Waals surface area contributed by atoms with Gasteiger partial charge in [0.05, 0.1) is 0 Å². The second-order valence-electron chi connectivity index (χ2n) is 5.53. The fraction of sp³-hybridized carbons (Fsp3) is 0.667. The zero-order valence-electron chi connectivity index (χ0n) is 11.2. The van der Waals surface area contributed by atoms with Gasteiger partial charge >= 0.3 is 0 Å². The van der Waals surface area contributed by atoms with Crippen molar-refractivity contribution in [1.82, 2.24) is 0 Å². The summed E-state index contributed by atoms with van der Waals surface area (Å²) in [4.78, 5) is 11.4. The van der Waals surface area contributed by atoms with Crippen LogP contribution in [0.3, 0.4) is 0 Å². The predicted molar refractivity (Wildman–Crippen MR) is 69.2 cm³/mol. The molecule has 0 saturated heterocycles. The van der Waals surface area contributed by atoms with E-state index in [0.29, 0.717) is 18.3 Å². The van der Waals surface area contributed by atoms with Crippen LogP contribution >= 0.6 is 0 Å². The van der Waals surface area contributed by atoms with Crippen LogP contribution < -0.4 is 0 Å². The lowest BCUT2D eigenvalue weighted by molar-refractivity contribution is -0.114. The SMILES string of the molecule is CCC(=O)C=CC1C(C)CC=C(C)C1(C)C. The van der Waals surface area contributed by atoms with Gasteiger partial charge in [-0.1, -0.05) is 45.4 Å². The van der Waals surface area contributed by atoms with Gasteiger partial charge in [-0.3, -0.25) is 4.79 Å². The molecule has 2 atom stereocenters. The second-order valence-corrected chi connectivity index (χ2v) is 5.53. The van der Waals surface area contributed by atoms with Crippen molar-refractivity contribution >= 4 is 5.78 Å². The summed E-state index contributed by atoms with van der Waals surface area (Å²) in [6, 6.07) is 0. The Morgan fingerprint density at radius 3 is 2.75 bits per heavy atom. The molecule has 0 N–H and O–H groups in total. The molecule has 1 aliphatic rings. The van der Waals surface area contributed by atoms with Gasteiger partial charge in [0.15, 0.2) is 5.78 Å². The van der Waals surface area contributed by atoms with Gasteiger partial charge in [0.1, 0.15) is 0 Å². The van der Waals surface area contributed by atoms with Crippen LogP contribution in [0.1, 0.15) is 47.5 Å². The van der Waals surface area contributed by atoms with Gasteiger partial charge in [-0.05, 0) is 36.7 Å². The molecule has 0 aromatic rings. The lowest BCUT2D eigenvalue weighted by atomic mass is 9.64. The number of carbonyl (C=O) groups is 1. The average molecular weight is 220 g/mol. The van der Waals surface area contributed by atoms with Gasteiger partial charge in [-0.25, -0.2) is 0 Å². The van der Waals surface area contributed by atoms with Crippen LogP contribution in [0.25, 0.3) is 0 Å². The first-order valence-electron chi connectivity index (χ1n) is 6.27. The van der Waals surface area contributed by atoms with Crippen LogP contribution in [-0.4, -0.2) is 5.78 Å². The van der Waals surface area contributed by atoms with Crippen molar-refractivity contribution in [3.8, 4) is 0 Å². The summed E-state index contributed by atoms with van der Waals surface area (Å²) in [5.74, 6) is 1.34. The van der Waals surface area contributed by atoms with Gasteiger partial charge < -0.3 is 0 Å². The number of carbonyl (C=O) groups excluding carboxylic acids is 1. The van der Waals surface area contributed by atoms with Crippen molar-refractivity contribution in [3.05, 3.63) is 23.8 Å². The molecule has 0 spiro atoms.